The number of hydrogen-bond acceptors (Lipinski definition) is 3. The van der Waals surface area contributed by atoms with Gasteiger partial charge in [-0.3, -0.25) is 9.59 Å². The second-order valence-electron chi connectivity index (χ2n) is 5.76. The van der Waals surface area contributed by atoms with Crippen molar-refractivity contribution in [3.05, 3.63) is 53.3 Å². The lowest BCUT2D eigenvalue weighted by molar-refractivity contribution is -0.862. The summed E-state index contributed by atoms with van der Waals surface area (Å²) in [6.07, 6.45) is 0. The van der Waals surface area contributed by atoms with Gasteiger partial charge in [0.2, 0.25) is 0 Å². The fourth-order valence-electron chi connectivity index (χ4n) is 2.30. The van der Waals surface area contributed by atoms with Crippen LogP contribution in [0.1, 0.15) is 0 Å². The van der Waals surface area contributed by atoms with Crippen molar-refractivity contribution in [2.45, 2.75) is 0 Å². The largest absolute Gasteiger partial charge is 0.497 e. The molecule has 0 saturated heterocycles. The second kappa shape index (κ2) is 9.17. The molecule has 0 spiro atoms. The SMILES string of the molecule is COc1cccc(NC(=O)C[NH+](C)CC(=O)Nc2ccc(Cl)cc2F)c1. The van der Waals surface area contributed by atoms with Gasteiger partial charge in [-0.15, -0.1) is 0 Å². The van der Waals surface area contributed by atoms with E-state index in [2.05, 4.69) is 10.6 Å². The van der Waals surface area contributed by atoms with E-state index >= 15 is 0 Å². The molecule has 2 rings (SSSR count). The van der Waals surface area contributed by atoms with Crippen molar-refractivity contribution in [3.8, 4) is 5.75 Å². The predicted molar refractivity (Wildman–Crippen MR) is 98.3 cm³/mol. The van der Waals surface area contributed by atoms with Gasteiger partial charge in [0.15, 0.2) is 13.1 Å². The fraction of sp³-hybridized carbons (Fsp3) is 0.222. The Morgan fingerprint density at radius 2 is 1.81 bits per heavy atom. The summed E-state index contributed by atoms with van der Waals surface area (Å²) >= 11 is 5.67. The maximum atomic E-state index is 13.7. The number of anilines is 2. The van der Waals surface area contributed by atoms with Crippen molar-refractivity contribution in [1.29, 1.82) is 0 Å². The zero-order valence-corrected chi connectivity index (χ0v) is 15.2. The molecular formula is C18H20ClFN3O3+. The van der Waals surface area contributed by atoms with Gasteiger partial charge in [-0.05, 0) is 30.3 Å². The Morgan fingerprint density at radius 1 is 1.12 bits per heavy atom. The molecule has 138 valence electrons. The summed E-state index contributed by atoms with van der Waals surface area (Å²) in [6.45, 7) is 0.0846. The van der Waals surface area contributed by atoms with Crippen molar-refractivity contribution in [1.82, 2.24) is 0 Å². The molecule has 3 N–H and O–H groups in total. The van der Waals surface area contributed by atoms with Crippen LogP contribution in [0.15, 0.2) is 42.5 Å². The third-order valence-corrected chi connectivity index (χ3v) is 3.72. The topological polar surface area (TPSA) is 71.9 Å². The number of ether oxygens (including phenoxy) is 1. The zero-order valence-electron chi connectivity index (χ0n) is 14.4. The Bertz CT molecular complexity index is 801. The van der Waals surface area contributed by atoms with Gasteiger partial charge >= 0.3 is 0 Å². The Balaban J connectivity index is 1.84. The van der Waals surface area contributed by atoms with Crippen molar-refractivity contribution in [2.75, 3.05) is 37.9 Å². The van der Waals surface area contributed by atoms with Crippen molar-refractivity contribution in [2.24, 2.45) is 0 Å². The summed E-state index contributed by atoms with van der Waals surface area (Å²) < 4.78 is 18.8. The minimum Gasteiger partial charge on any atom is -0.497 e. The minimum atomic E-state index is -0.612. The molecule has 0 aliphatic carbocycles. The summed E-state index contributed by atoms with van der Waals surface area (Å²) in [6, 6.07) is 11.0. The average molecular weight is 381 g/mol. The molecular weight excluding hydrogens is 361 g/mol. The number of halogens is 2. The smallest absolute Gasteiger partial charge is 0.279 e. The Labute approximate surface area is 155 Å². The minimum absolute atomic E-state index is 0.00754. The lowest BCUT2D eigenvalue weighted by atomic mass is 10.3. The summed E-state index contributed by atoms with van der Waals surface area (Å²) in [7, 11) is 3.24. The second-order valence-corrected chi connectivity index (χ2v) is 6.20. The third kappa shape index (κ3) is 6.02. The first-order chi connectivity index (χ1) is 12.4. The Hall–Kier alpha value is -2.64. The number of rotatable bonds is 7. The van der Waals surface area contributed by atoms with Gasteiger partial charge in [0.25, 0.3) is 11.8 Å². The van der Waals surface area contributed by atoms with E-state index in [1.54, 1.807) is 38.4 Å². The van der Waals surface area contributed by atoms with Gasteiger partial charge in [0.05, 0.1) is 19.8 Å². The first-order valence-corrected chi connectivity index (χ1v) is 8.25. The average Bonchev–Trinajstić information content (AvgIpc) is 2.57. The molecule has 0 aliphatic heterocycles. The van der Waals surface area contributed by atoms with Crippen LogP contribution in [-0.2, 0) is 9.59 Å². The fourth-order valence-corrected chi connectivity index (χ4v) is 2.46. The molecule has 0 bridgehead atoms. The molecule has 1 unspecified atom stereocenters. The van der Waals surface area contributed by atoms with Crippen LogP contribution in [0.4, 0.5) is 15.8 Å². The standard InChI is InChI=1S/C18H19ClFN3O3/c1-23(10-17(24)21-13-4-3-5-14(9-13)26-2)11-18(25)22-16-7-6-12(19)8-15(16)20/h3-9H,10-11H2,1-2H3,(H,21,24)(H,22,25)/p+1. The number of likely N-dealkylation sites (N-methyl/N-ethyl adjacent to an activating group) is 1. The van der Waals surface area contributed by atoms with Crippen molar-refractivity contribution in [3.63, 3.8) is 0 Å². The molecule has 2 aromatic rings. The molecule has 2 amide bonds. The summed E-state index contributed by atoms with van der Waals surface area (Å²) in [5, 5.41) is 5.45. The van der Waals surface area contributed by atoms with Crippen molar-refractivity contribution >= 4 is 34.8 Å². The van der Waals surface area contributed by atoms with Crippen LogP contribution < -0.4 is 20.3 Å². The normalized spacial score (nSPS) is 11.5. The quantitative estimate of drug-likeness (QED) is 0.683. The van der Waals surface area contributed by atoms with Crippen LogP contribution in [0, 0.1) is 5.82 Å². The first kappa shape index (κ1) is 19.7. The number of carbonyl (C=O) groups is 2. The highest BCUT2D eigenvalue weighted by Crippen LogP contribution is 2.18. The van der Waals surface area contributed by atoms with Crippen LogP contribution in [0.25, 0.3) is 0 Å². The van der Waals surface area contributed by atoms with Gasteiger partial charge < -0.3 is 20.3 Å². The van der Waals surface area contributed by atoms with Crippen LogP contribution >= 0.6 is 11.6 Å². The zero-order chi connectivity index (χ0) is 19.1. The van der Waals surface area contributed by atoms with Gasteiger partial charge in [-0.25, -0.2) is 4.39 Å². The van der Waals surface area contributed by atoms with E-state index in [-0.39, 0.29) is 29.7 Å². The molecule has 6 nitrogen and oxygen atoms in total. The highest BCUT2D eigenvalue weighted by molar-refractivity contribution is 6.30. The monoisotopic (exact) mass is 380 g/mol. The molecule has 2 aromatic carbocycles. The molecule has 0 saturated carbocycles. The molecule has 0 heterocycles. The highest BCUT2D eigenvalue weighted by atomic mass is 35.5. The lowest BCUT2D eigenvalue weighted by Gasteiger charge is -2.14. The van der Waals surface area contributed by atoms with E-state index in [9.17, 15) is 14.0 Å². The number of nitrogens with one attached hydrogen (secondary N) is 3. The van der Waals surface area contributed by atoms with Gasteiger partial charge in [-0.2, -0.15) is 0 Å². The highest BCUT2D eigenvalue weighted by Gasteiger charge is 2.16. The van der Waals surface area contributed by atoms with E-state index in [0.29, 0.717) is 16.3 Å². The number of carbonyl (C=O) groups excluding carboxylic acids is 2. The first-order valence-electron chi connectivity index (χ1n) is 7.87. The van der Waals surface area contributed by atoms with E-state index in [0.717, 1.165) is 6.07 Å². The molecule has 0 fully saturated rings. The lowest BCUT2D eigenvalue weighted by Crippen LogP contribution is -3.11. The number of amides is 2. The number of hydrogen-bond donors (Lipinski definition) is 3. The molecule has 8 heteroatoms. The molecule has 26 heavy (non-hydrogen) atoms. The summed E-state index contributed by atoms with van der Waals surface area (Å²) in [5.74, 6) is -0.633. The van der Waals surface area contributed by atoms with Gasteiger partial charge in [-0.1, -0.05) is 17.7 Å². The van der Waals surface area contributed by atoms with Gasteiger partial charge in [0.1, 0.15) is 11.6 Å². The molecule has 0 aromatic heterocycles. The van der Waals surface area contributed by atoms with E-state index in [4.69, 9.17) is 16.3 Å². The molecule has 1 atom stereocenters. The molecule has 0 radical (unpaired) electrons. The summed E-state index contributed by atoms with van der Waals surface area (Å²) in [4.78, 5) is 24.7. The molecule has 0 aliphatic rings. The van der Waals surface area contributed by atoms with Crippen LogP contribution in [0.5, 0.6) is 5.75 Å². The number of methoxy groups -OCH3 is 1. The number of benzene rings is 2. The Morgan fingerprint density at radius 3 is 2.46 bits per heavy atom. The number of quaternary nitrogens is 1. The van der Waals surface area contributed by atoms with Crippen LogP contribution in [-0.4, -0.2) is 39.1 Å². The van der Waals surface area contributed by atoms with Gasteiger partial charge in [0, 0.05) is 16.8 Å². The predicted octanol–water partition coefficient (Wildman–Crippen LogP) is 1.58. The van der Waals surface area contributed by atoms with Crippen LogP contribution in [0.3, 0.4) is 0 Å². The summed E-state index contributed by atoms with van der Waals surface area (Å²) in [5.41, 5.74) is 0.655. The van der Waals surface area contributed by atoms with Crippen LogP contribution in [0.2, 0.25) is 5.02 Å². The van der Waals surface area contributed by atoms with Crippen molar-refractivity contribution < 1.29 is 23.6 Å². The Kier molecular flexibility index (Phi) is 6.94. The van der Waals surface area contributed by atoms with E-state index < -0.39 is 11.7 Å². The maximum Gasteiger partial charge on any atom is 0.279 e. The third-order valence-electron chi connectivity index (χ3n) is 3.48. The van der Waals surface area contributed by atoms with E-state index in [1.165, 1.54) is 12.1 Å². The van der Waals surface area contributed by atoms with E-state index in [1.807, 2.05) is 0 Å². The maximum absolute atomic E-state index is 13.7.